The predicted octanol–water partition coefficient (Wildman–Crippen LogP) is 6.29. The zero-order valence-electron chi connectivity index (χ0n) is 24.0. The quantitative estimate of drug-likeness (QED) is 0.239. The molecule has 0 radical (unpaired) electrons. The maximum absolute atomic E-state index is 13.5. The molecule has 2 N–H and O–H groups in total. The third kappa shape index (κ3) is 4.35. The summed E-state index contributed by atoms with van der Waals surface area (Å²) in [7, 11) is 0. The fourth-order valence-electron chi connectivity index (χ4n) is 6.73. The molecule has 216 valence electrons. The highest BCUT2D eigenvalue weighted by atomic mass is 16.2. The first kappa shape index (κ1) is 25.2. The second-order valence-corrected chi connectivity index (χ2v) is 12.1. The summed E-state index contributed by atoms with van der Waals surface area (Å²) >= 11 is 0. The largest absolute Gasteiger partial charge is 0.352 e. The number of carbonyl (C=O) groups is 1. The fraction of sp³-hybridized carbons (Fsp3) is 0.229. The number of piperazine rings is 1. The number of hydrogen-bond donors (Lipinski definition) is 2. The summed E-state index contributed by atoms with van der Waals surface area (Å²) < 4.78 is 0. The van der Waals surface area contributed by atoms with Gasteiger partial charge in [-0.05, 0) is 66.4 Å². The van der Waals surface area contributed by atoms with Gasteiger partial charge < -0.3 is 15.1 Å². The summed E-state index contributed by atoms with van der Waals surface area (Å²) in [6, 6.07) is 28.7. The minimum atomic E-state index is 0.122. The molecule has 2 atom stereocenters. The van der Waals surface area contributed by atoms with Crippen molar-refractivity contribution in [2.45, 2.75) is 37.3 Å². The number of pyridine rings is 1. The zero-order valence-corrected chi connectivity index (χ0v) is 24.0. The van der Waals surface area contributed by atoms with Crippen molar-refractivity contribution < 1.29 is 4.79 Å². The number of nitrogens with one attached hydrogen (secondary N) is 2. The first-order chi connectivity index (χ1) is 21.7. The number of carbonyl (C=O) groups excluding carboxylic acids is 1. The summed E-state index contributed by atoms with van der Waals surface area (Å²) in [5, 5.41) is 14.2. The standard InChI is InChI=1S/C35H30N8O/c44-35(24-12-9-21-5-1-2-6-23(21)15-24)43-26-16-27(43)20-42(19-26)32-14-13-25(18-36-32)33-37-29-8-4-3-7-28(29)34(39-33)38-31-17-30(40-41-31)22-10-11-22/h1-9,12-15,17-18,22,26-27H,10-11,16,19-20H2,(H2,37,38,39,40,41). The third-order valence-corrected chi connectivity index (χ3v) is 9.22. The second kappa shape index (κ2) is 9.87. The normalized spacial score (nSPS) is 19.3. The maximum atomic E-state index is 13.5. The van der Waals surface area contributed by atoms with E-state index < -0.39 is 0 Å². The Bertz CT molecular complexity index is 2040. The Morgan fingerprint density at radius 2 is 1.68 bits per heavy atom. The van der Waals surface area contributed by atoms with Gasteiger partial charge in [-0.15, -0.1) is 0 Å². The molecule has 1 aliphatic carbocycles. The van der Waals surface area contributed by atoms with E-state index in [1.165, 1.54) is 18.5 Å². The third-order valence-electron chi connectivity index (χ3n) is 9.22. The van der Waals surface area contributed by atoms with E-state index in [2.05, 4.69) is 43.5 Å². The minimum Gasteiger partial charge on any atom is -0.352 e. The second-order valence-electron chi connectivity index (χ2n) is 12.1. The molecule has 2 bridgehead atoms. The molecule has 4 fully saturated rings. The van der Waals surface area contributed by atoms with Gasteiger partial charge in [-0.2, -0.15) is 5.10 Å². The number of para-hydroxylation sites is 1. The number of aromatic amines is 1. The highest BCUT2D eigenvalue weighted by molar-refractivity contribution is 5.99. The zero-order chi connectivity index (χ0) is 29.2. The average Bonchev–Trinajstić information content (AvgIpc) is 3.82. The molecule has 3 aromatic heterocycles. The van der Waals surface area contributed by atoms with Crippen LogP contribution in [0.25, 0.3) is 33.1 Å². The van der Waals surface area contributed by atoms with Crippen molar-refractivity contribution in [3.8, 4) is 11.4 Å². The van der Waals surface area contributed by atoms with Gasteiger partial charge in [-0.25, -0.2) is 15.0 Å². The number of fused-ring (bicyclic) bond motifs is 4. The van der Waals surface area contributed by atoms with Crippen molar-refractivity contribution >= 4 is 45.0 Å². The van der Waals surface area contributed by atoms with Gasteiger partial charge in [0.05, 0.1) is 17.6 Å². The van der Waals surface area contributed by atoms with Crippen molar-refractivity contribution in [2.24, 2.45) is 0 Å². The Morgan fingerprint density at radius 3 is 2.50 bits per heavy atom. The lowest BCUT2D eigenvalue weighted by Crippen LogP contribution is -2.70. The van der Waals surface area contributed by atoms with Gasteiger partial charge >= 0.3 is 0 Å². The summed E-state index contributed by atoms with van der Waals surface area (Å²) in [5.41, 5.74) is 3.63. The van der Waals surface area contributed by atoms with Gasteiger partial charge in [-0.1, -0.05) is 42.5 Å². The first-order valence-corrected chi connectivity index (χ1v) is 15.3. The van der Waals surface area contributed by atoms with Gasteiger partial charge in [0.1, 0.15) is 11.6 Å². The molecule has 44 heavy (non-hydrogen) atoms. The maximum Gasteiger partial charge on any atom is 0.254 e. The number of H-pyrrole nitrogens is 1. The summed E-state index contributed by atoms with van der Waals surface area (Å²) in [4.78, 5) is 32.4. The number of benzene rings is 3. The molecule has 1 saturated carbocycles. The van der Waals surface area contributed by atoms with Crippen molar-refractivity contribution in [3.63, 3.8) is 0 Å². The van der Waals surface area contributed by atoms with Crippen LogP contribution in [0.1, 0.15) is 41.2 Å². The van der Waals surface area contributed by atoms with Crippen molar-refractivity contribution in [1.82, 2.24) is 30.0 Å². The monoisotopic (exact) mass is 578 g/mol. The molecule has 2 unspecified atom stereocenters. The Balaban J connectivity index is 0.930. The highest BCUT2D eigenvalue weighted by Gasteiger charge is 2.47. The lowest BCUT2D eigenvalue weighted by molar-refractivity contribution is 0.00578. The van der Waals surface area contributed by atoms with Gasteiger partial charge in [0.2, 0.25) is 0 Å². The van der Waals surface area contributed by atoms with Crippen LogP contribution in [-0.2, 0) is 0 Å². The Morgan fingerprint density at radius 1 is 0.864 bits per heavy atom. The van der Waals surface area contributed by atoms with Crippen LogP contribution in [0, 0.1) is 0 Å². The highest BCUT2D eigenvalue weighted by Crippen LogP contribution is 2.40. The Labute approximate surface area is 254 Å². The van der Waals surface area contributed by atoms with Gasteiger partial charge in [0, 0.05) is 53.5 Å². The number of aromatic nitrogens is 5. The van der Waals surface area contributed by atoms with E-state index in [4.69, 9.17) is 15.0 Å². The Hall–Kier alpha value is -5.31. The molecular formula is C35H30N8O. The van der Waals surface area contributed by atoms with E-state index in [-0.39, 0.29) is 18.0 Å². The van der Waals surface area contributed by atoms with Crippen LogP contribution in [-0.4, -0.2) is 61.1 Å². The number of rotatable bonds is 6. The van der Waals surface area contributed by atoms with Gasteiger partial charge in [0.25, 0.3) is 5.91 Å². The van der Waals surface area contributed by atoms with E-state index in [0.717, 1.165) is 69.8 Å². The summed E-state index contributed by atoms with van der Waals surface area (Å²) in [6.07, 6.45) is 5.31. The van der Waals surface area contributed by atoms with Crippen molar-refractivity contribution in [2.75, 3.05) is 23.3 Å². The average molecular weight is 579 g/mol. The van der Waals surface area contributed by atoms with Crippen molar-refractivity contribution in [1.29, 1.82) is 0 Å². The van der Waals surface area contributed by atoms with Gasteiger partial charge in [0.15, 0.2) is 11.6 Å². The van der Waals surface area contributed by atoms with Crippen LogP contribution in [0.5, 0.6) is 0 Å². The number of piperidine rings is 1. The molecule has 6 heterocycles. The topological polar surface area (TPSA) is 103 Å². The fourth-order valence-corrected chi connectivity index (χ4v) is 6.73. The van der Waals surface area contributed by atoms with Crippen LogP contribution >= 0.6 is 0 Å². The smallest absolute Gasteiger partial charge is 0.254 e. The molecule has 4 aliphatic rings. The summed E-state index contributed by atoms with van der Waals surface area (Å²) in [6.45, 7) is 1.55. The molecular weight excluding hydrogens is 548 g/mol. The molecule has 0 spiro atoms. The van der Waals surface area contributed by atoms with E-state index in [9.17, 15) is 4.79 Å². The van der Waals surface area contributed by atoms with E-state index in [1.54, 1.807) is 0 Å². The molecule has 1 amide bonds. The van der Waals surface area contributed by atoms with Crippen LogP contribution in [0.15, 0.2) is 91.1 Å². The van der Waals surface area contributed by atoms with Crippen LogP contribution < -0.4 is 10.2 Å². The SMILES string of the molecule is O=C(c1ccc2ccccc2c1)N1C2CC1CN(c1ccc(-c3nc(Nc4cc(C5CC5)[nH]n4)c4ccccc4n3)cn1)C2. The van der Waals surface area contributed by atoms with E-state index in [1.807, 2.05) is 72.9 Å². The Kier molecular flexibility index (Phi) is 5.66. The van der Waals surface area contributed by atoms with Gasteiger partial charge in [-0.3, -0.25) is 9.89 Å². The lowest BCUT2D eigenvalue weighted by Gasteiger charge is -2.56. The number of hydrogen-bond acceptors (Lipinski definition) is 7. The van der Waals surface area contributed by atoms with E-state index >= 15 is 0 Å². The summed E-state index contributed by atoms with van der Waals surface area (Å²) in [5.74, 6) is 3.71. The molecule has 3 aliphatic heterocycles. The van der Waals surface area contributed by atoms with Crippen molar-refractivity contribution in [3.05, 3.63) is 102 Å². The molecule has 9 nitrogen and oxygen atoms in total. The number of nitrogens with zero attached hydrogens (tertiary/aromatic N) is 6. The molecule has 6 aromatic rings. The predicted molar refractivity (Wildman–Crippen MR) is 171 cm³/mol. The first-order valence-electron chi connectivity index (χ1n) is 15.3. The molecule has 3 saturated heterocycles. The lowest BCUT2D eigenvalue weighted by atomic mass is 9.86. The molecule has 3 aromatic carbocycles. The van der Waals surface area contributed by atoms with Crippen LogP contribution in [0.2, 0.25) is 0 Å². The van der Waals surface area contributed by atoms with E-state index in [0.29, 0.717) is 11.7 Å². The number of amides is 1. The minimum absolute atomic E-state index is 0.122. The van der Waals surface area contributed by atoms with Crippen LogP contribution in [0.3, 0.4) is 0 Å². The molecule has 10 rings (SSSR count). The molecule has 9 heteroatoms. The van der Waals surface area contributed by atoms with Crippen LogP contribution in [0.4, 0.5) is 17.5 Å². The number of anilines is 3.